The van der Waals surface area contributed by atoms with Crippen LogP contribution in [-0.4, -0.2) is 13.7 Å². The van der Waals surface area contributed by atoms with Crippen LogP contribution in [0.3, 0.4) is 0 Å². The van der Waals surface area contributed by atoms with Gasteiger partial charge in [-0.15, -0.1) is 11.3 Å². The van der Waals surface area contributed by atoms with Crippen LogP contribution in [0.4, 0.5) is 0 Å². The topological polar surface area (TPSA) is 35.2 Å². The number of ether oxygens (including phenoxy) is 1. The summed E-state index contributed by atoms with van der Waals surface area (Å²) in [5.41, 5.74) is 8.38. The van der Waals surface area contributed by atoms with E-state index in [0.29, 0.717) is 12.5 Å². The monoisotopic (exact) mass is 261 g/mol. The summed E-state index contributed by atoms with van der Waals surface area (Å²) < 4.78 is 5.29. The molecule has 96 valence electrons. The standard InChI is InChI=1S/C15H19NOS/c1-11-8-12(5-6-15(11)17-2)13(10-16)9-14-4-3-7-18-14/h3-8,13H,9-10,16H2,1-2H3. The van der Waals surface area contributed by atoms with Crippen molar-refractivity contribution < 1.29 is 4.74 Å². The summed E-state index contributed by atoms with van der Waals surface area (Å²) >= 11 is 1.79. The second kappa shape index (κ2) is 6.03. The minimum atomic E-state index is 0.383. The van der Waals surface area contributed by atoms with Gasteiger partial charge >= 0.3 is 0 Å². The lowest BCUT2D eigenvalue weighted by atomic mass is 9.93. The number of methoxy groups -OCH3 is 1. The third-order valence-electron chi connectivity index (χ3n) is 3.20. The Bertz CT molecular complexity index is 493. The van der Waals surface area contributed by atoms with Crippen LogP contribution < -0.4 is 10.5 Å². The summed E-state index contributed by atoms with van der Waals surface area (Å²) in [6.45, 7) is 2.74. The fourth-order valence-electron chi connectivity index (χ4n) is 2.16. The van der Waals surface area contributed by atoms with Crippen LogP contribution in [0.5, 0.6) is 5.75 Å². The molecule has 0 saturated carbocycles. The van der Waals surface area contributed by atoms with Crippen molar-refractivity contribution in [2.75, 3.05) is 13.7 Å². The third-order valence-corrected chi connectivity index (χ3v) is 4.10. The van der Waals surface area contributed by atoms with Gasteiger partial charge in [-0.1, -0.05) is 18.2 Å². The number of hydrogen-bond acceptors (Lipinski definition) is 3. The molecule has 0 amide bonds. The molecular weight excluding hydrogens is 242 g/mol. The van der Waals surface area contributed by atoms with Crippen LogP contribution in [0.15, 0.2) is 35.7 Å². The number of benzene rings is 1. The summed E-state index contributed by atoms with van der Waals surface area (Å²) in [7, 11) is 1.70. The van der Waals surface area contributed by atoms with Gasteiger partial charge in [-0.05, 0) is 48.5 Å². The van der Waals surface area contributed by atoms with E-state index >= 15 is 0 Å². The quantitative estimate of drug-likeness (QED) is 0.896. The molecular formula is C15H19NOS. The van der Waals surface area contributed by atoms with Gasteiger partial charge < -0.3 is 10.5 Å². The van der Waals surface area contributed by atoms with Gasteiger partial charge in [0.1, 0.15) is 5.75 Å². The summed E-state index contributed by atoms with van der Waals surface area (Å²) in [5.74, 6) is 1.32. The molecule has 0 radical (unpaired) electrons. The van der Waals surface area contributed by atoms with E-state index in [4.69, 9.17) is 10.5 Å². The molecule has 2 N–H and O–H groups in total. The van der Waals surface area contributed by atoms with Crippen molar-refractivity contribution in [2.24, 2.45) is 5.73 Å². The summed E-state index contributed by atoms with van der Waals surface area (Å²) in [5, 5.41) is 2.11. The first-order valence-electron chi connectivity index (χ1n) is 6.11. The van der Waals surface area contributed by atoms with E-state index in [2.05, 4.69) is 36.6 Å². The molecule has 0 saturated heterocycles. The lowest BCUT2D eigenvalue weighted by Gasteiger charge is -2.16. The first kappa shape index (κ1) is 13.1. The Balaban J connectivity index is 2.19. The Morgan fingerprint density at radius 3 is 2.72 bits per heavy atom. The number of thiophene rings is 1. The number of rotatable bonds is 5. The largest absolute Gasteiger partial charge is 0.496 e. The predicted octanol–water partition coefficient (Wildman–Crippen LogP) is 3.35. The molecule has 0 aliphatic heterocycles. The Kier molecular flexibility index (Phi) is 4.39. The van der Waals surface area contributed by atoms with E-state index in [-0.39, 0.29) is 0 Å². The first-order valence-corrected chi connectivity index (χ1v) is 6.99. The van der Waals surface area contributed by atoms with E-state index in [0.717, 1.165) is 12.2 Å². The Morgan fingerprint density at radius 1 is 1.33 bits per heavy atom. The van der Waals surface area contributed by atoms with Crippen LogP contribution in [0.2, 0.25) is 0 Å². The molecule has 0 aliphatic rings. The van der Waals surface area contributed by atoms with Crippen LogP contribution in [0.1, 0.15) is 21.9 Å². The third kappa shape index (κ3) is 2.92. The lowest BCUT2D eigenvalue weighted by molar-refractivity contribution is 0.411. The maximum absolute atomic E-state index is 5.92. The van der Waals surface area contributed by atoms with Gasteiger partial charge in [0.2, 0.25) is 0 Å². The summed E-state index contributed by atoms with van der Waals surface area (Å²) in [6.07, 6.45) is 1.01. The molecule has 0 aliphatic carbocycles. The molecule has 1 aromatic heterocycles. The van der Waals surface area contributed by atoms with Crippen molar-refractivity contribution in [1.29, 1.82) is 0 Å². The summed E-state index contributed by atoms with van der Waals surface area (Å²) in [4.78, 5) is 1.39. The van der Waals surface area contributed by atoms with E-state index in [9.17, 15) is 0 Å². The first-order chi connectivity index (χ1) is 8.74. The van der Waals surface area contributed by atoms with Crippen molar-refractivity contribution >= 4 is 11.3 Å². The molecule has 1 heterocycles. The van der Waals surface area contributed by atoms with Gasteiger partial charge in [0.15, 0.2) is 0 Å². The molecule has 0 fully saturated rings. The van der Waals surface area contributed by atoms with Crippen molar-refractivity contribution in [3.05, 3.63) is 51.7 Å². The van der Waals surface area contributed by atoms with Gasteiger partial charge in [-0.3, -0.25) is 0 Å². The normalized spacial score (nSPS) is 12.4. The van der Waals surface area contributed by atoms with Crippen molar-refractivity contribution in [3.8, 4) is 5.75 Å². The highest BCUT2D eigenvalue weighted by Crippen LogP contribution is 2.26. The average molecular weight is 261 g/mol. The highest BCUT2D eigenvalue weighted by atomic mass is 32.1. The van der Waals surface area contributed by atoms with Gasteiger partial charge in [0.05, 0.1) is 7.11 Å². The Morgan fingerprint density at radius 2 is 2.17 bits per heavy atom. The molecule has 1 unspecified atom stereocenters. The Hall–Kier alpha value is -1.32. The maximum Gasteiger partial charge on any atom is 0.121 e. The van der Waals surface area contributed by atoms with Crippen LogP contribution in [0, 0.1) is 6.92 Å². The molecule has 1 aromatic carbocycles. The van der Waals surface area contributed by atoms with Gasteiger partial charge in [-0.2, -0.15) is 0 Å². The molecule has 2 aromatic rings. The van der Waals surface area contributed by atoms with E-state index in [1.807, 2.05) is 6.07 Å². The van der Waals surface area contributed by atoms with Crippen LogP contribution in [0.25, 0.3) is 0 Å². The molecule has 3 heteroatoms. The average Bonchev–Trinajstić information content (AvgIpc) is 2.88. The number of hydrogen-bond donors (Lipinski definition) is 1. The second-order valence-electron chi connectivity index (χ2n) is 4.45. The highest BCUT2D eigenvalue weighted by molar-refractivity contribution is 7.09. The zero-order valence-electron chi connectivity index (χ0n) is 10.8. The highest BCUT2D eigenvalue weighted by Gasteiger charge is 2.12. The maximum atomic E-state index is 5.92. The SMILES string of the molecule is COc1ccc(C(CN)Cc2cccs2)cc1C. The Labute approximate surface area is 112 Å². The van der Waals surface area contributed by atoms with Crippen LogP contribution >= 0.6 is 11.3 Å². The number of nitrogens with two attached hydrogens (primary N) is 1. The van der Waals surface area contributed by atoms with Crippen molar-refractivity contribution in [1.82, 2.24) is 0 Å². The molecule has 0 bridgehead atoms. The van der Waals surface area contributed by atoms with Gasteiger partial charge in [-0.25, -0.2) is 0 Å². The zero-order valence-corrected chi connectivity index (χ0v) is 11.7. The minimum absolute atomic E-state index is 0.383. The molecule has 0 spiro atoms. The smallest absolute Gasteiger partial charge is 0.121 e. The number of aryl methyl sites for hydroxylation is 1. The predicted molar refractivity (Wildman–Crippen MR) is 77.5 cm³/mol. The minimum Gasteiger partial charge on any atom is -0.496 e. The van der Waals surface area contributed by atoms with E-state index < -0.39 is 0 Å². The van der Waals surface area contributed by atoms with E-state index in [1.54, 1.807) is 18.4 Å². The molecule has 2 nitrogen and oxygen atoms in total. The fraction of sp³-hybridized carbons (Fsp3) is 0.333. The van der Waals surface area contributed by atoms with Gasteiger partial charge in [0.25, 0.3) is 0 Å². The van der Waals surface area contributed by atoms with Crippen molar-refractivity contribution in [2.45, 2.75) is 19.3 Å². The molecule has 2 rings (SSSR count). The fourth-order valence-corrected chi connectivity index (χ4v) is 2.95. The van der Waals surface area contributed by atoms with Crippen LogP contribution in [-0.2, 0) is 6.42 Å². The second-order valence-corrected chi connectivity index (χ2v) is 5.48. The molecule has 18 heavy (non-hydrogen) atoms. The van der Waals surface area contributed by atoms with Crippen molar-refractivity contribution in [3.63, 3.8) is 0 Å². The zero-order chi connectivity index (χ0) is 13.0. The van der Waals surface area contributed by atoms with Gasteiger partial charge in [0, 0.05) is 10.8 Å². The van der Waals surface area contributed by atoms with E-state index in [1.165, 1.54) is 16.0 Å². The molecule has 1 atom stereocenters. The lowest BCUT2D eigenvalue weighted by Crippen LogP contribution is -2.14. The summed E-state index contributed by atoms with van der Waals surface area (Å²) in [6, 6.07) is 10.6.